The van der Waals surface area contributed by atoms with E-state index in [-0.39, 0.29) is 5.25 Å². The Morgan fingerprint density at radius 2 is 1.72 bits per heavy atom. The number of hydrogen-bond donors (Lipinski definition) is 0. The number of aromatic nitrogens is 5. The molecule has 0 fully saturated rings. The van der Waals surface area contributed by atoms with Crippen LogP contribution in [0.15, 0.2) is 71.2 Å². The van der Waals surface area contributed by atoms with Crippen LogP contribution in [0.2, 0.25) is 0 Å². The minimum Gasteiger partial charge on any atom is -0.318 e. The smallest absolute Gasteiger partial charge is 0.213 e. The van der Waals surface area contributed by atoms with E-state index in [2.05, 4.69) is 70.9 Å². The molecule has 0 radical (unpaired) electrons. The van der Waals surface area contributed by atoms with Crippen LogP contribution in [0.25, 0.3) is 17.1 Å². The van der Waals surface area contributed by atoms with Crippen LogP contribution in [-0.4, -0.2) is 35.4 Å². The fraction of sp³-hybridized carbons (Fsp3) is 0.182. The van der Waals surface area contributed by atoms with Crippen molar-refractivity contribution in [3.8, 4) is 17.1 Å². The highest BCUT2D eigenvalue weighted by Crippen LogP contribution is 2.34. The zero-order valence-corrected chi connectivity index (χ0v) is 17.3. The molecule has 29 heavy (non-hydrogen) atoms. The number of fused-ring (bicyclic) bond motifs is 1. The number of thioether (sulfide) groups is 1. The summed E-state index contributed by atoms with van der Waals surface area (Å²) in [6.45, 7) is 6.46. The molecule has 1 aliphatic heterocycles. The third kappa shape index (κ3) is 2.98. The predicted octanol–water partition coefficient (Wildman–Crippen LogP) is 4.49. The molecule has 6 nitrogen and oxygen atoms in total. The molecule has 0 amide bonds. The molecule has 3 aromatic heterocycles. The van der Waals surface area contributed by atoms with Crippen molar-refractivity contribution in [3.05, 3.63) is 77.9 Å². The molecular formula is C22H20N6S. The summed E-state index contributed by atoms with van der Waals surface area (Å²) in [5.74, 6) is 0.733. The van der Waals surface area contributed by atoms with Gasteiger partial charge in [-0.2, -0.15) is 9.78 Å². The van der Waals surface area contributed by atoms with Crippen LogP contribution in [0.1, 0.15) is 23.9 Å². The zero-order chi connectivity index (χ0) is 20.0. The molecule has 1 aliphatic rings. The fourth-order valence-corrected chi connectivity index (χ4v) is 4.70. The van der Waals surface area contributed by atoms with E-state index < -0.39 is 0 Å². The van der Waals surface area contributed by atoms with Gasteiger partial charge in [0, 0.05) is 40.6 Å². The average Bonchev–Trinajstić information content (AvgIpc) is 3.28. The highest BCUT2D eigenvalue weighted by molar-refractivity contribution is 8.00. The zero-order valence-electron chi connectivity index (χ0n) is 16.4. The molecule has 4 aromatic rings. The first-order chi connectivity index (χ1) is 14.1. The van der Waals surface area contributed by atoms with Gasteiger partial charge in [-0.25, -0.2) is 0 Å². The summed E-state index contributed by atoms with van der Waals surface area (Å²) in [6.07, 6.45) is 3.52. The molecule has 5 rings (SSSR count). The Kier molecular flexibility index (Phi) is 4.32. The highest BCUT2D eigenvalue weighted by Gasteiger charge is 2.28. The van der Waals surface area contributed by atoms with Crippen LogP contribution in [0.5, 0.6) is 0 Å². The Bertz CT molecular complexity index is 1210. The molecule has 7 heteroatoms. The lowest BCUT2D eigenvalue weighted by Gasteiger charge is -2.20. The van der Waals surface area contributed by atoms with E-state index in [1.807, 2.05) is 22.9 Å². The van der Waals surface area contributed by atoms with Crippen molar-refractivity contribution in [1.82, 2.24) is 24.4 Å². The maximum Gasteiger partial charge on any atom is 0.213 e. The second-order valence-electron chi connectivity index (χ2n) is 7.05. The Balaban J connectivity index is 1.64. The maximum atomic E-state index is 5.00. The standard InChI is InChI=1S/C22H20N6S/c1-14-13-19(15(2)27(14)18-7-5-4-6-8-18)20-16(3)29-22-25-24-21(28(22)26-20)17-9-11-23-12-10-17/h4-13,16H,1-3H3/t16-/m0/s1. The van der Waals surface area contributed by atoms with Crippen molar-refractivity contribution in [3.63, 3.8) is 0 Å². The monoisotopic (exact) mass is 400 g/mol. The predicted molar refractivity (Wildman–Crippen MR) is 116 cm³/mol. The van der Waals surface area contributed by atoms with Crippen molar-refractivity contribution in [1.29, 1.82) is 0 Å². The molecule has 0 spiro atoms. The van der Waals surface area contributed by atoms with Gasteiger partial charge in [-0.3, -0.25) is 4.98 Å². The maximum absolute atomic E-state index is 5.00. The molecule has 0 saturated heterocycles. The largest absolute Gasteiger partial charge is 0.318 e. The van der Waals surface area contributed by atoms with Crippen molar-refractivity contribution in [2.24, 2.45) is 5.10 Å². The summed E-state index contributed by atoms with van der Waals surface area (Å²) >= 11 is 1.68. The lowest BCUT2D eigenvalue weighted by molar-refractivity contribution is 0.754. The Morgan fingerprint density at radius 1 is 0.966 bits per heavy atom. The van der Waals surface area contributed by atoms with Crippen molar-refractivity contribution in [2.45, 2.75) is 31.2 Å². The van der Waals surface area contributed by atoms with Gasteiger partial charge in [0.15, 0.2) is 5.82 Å². The van der Waals surface area contributed by atoms with Gasteiger partial charge >= 0.3 is 0 Å². The van der Waals surface area contributed by atoms with Crippen LogP contribution in [0.4, 0.5) is 0 Å². The van der Waals surface area contributed by atoms with E-state index in [1.165, 1.54) is 11.4 Å². The minimum absolute atomic E-state index is 0.182. The normalized spacial score (nSPS) is 15.8. The van der Waals surface area contributed by atoms with Crippen LogP contribution >= 0.6 is 11.8 Å². The van der Waals surface area contributed by atoms with Gasteiger partial charge in [0.25, 0.3) is 0 Å². The van der Waals surface area contributed by atoms with E-state index in [0.29, 0.717) is 0 Å². The molecule has 0 saturated carbocycles. The van der Waals surface area contributed by atoms with E-state index in [0.717, 1.165) is 33.5 Å². The quantitative estimate of drug-likeness (QED) is 0.508. The molecule has 1 aromatic carbocycles. The molecule has 0 unspecified atom stereocenters. The Labute approximate surface area is 173 Å². The number of para-hydroxylation sites is 1. The third-order valence-electron chi connectivity index (χ3n) is 5.15. The average molecular weight is 401 g/mol. The number of nitrogens with zero attached hydrogens (tertiary/aromatic N) is 6. The first kappa shape index (κ1) is 17.9. The number of rotatable bonds is 3. The Morgan fingerprint density at radius 3 is 2.48 bits per heavy atom. The van der Waals surface area contributed by atoms with Crippen LogP contribution in [0.3, 0.4) is 0 Å². The number of benzene rings is 1. The second-order valence-corrected chi connectivity index (χ2v) is 8.36. The summed E-state index contributed by atoms with van der Waals surface area (Å²) in [5.41, 5.74) is 6.67. The van der Waals surface area contributed by atoms with E-state index in [4.69, 9.17) is 5.10 Å². The van der Waals surface area contributed by atoms with Gasteiger partial charge in [-0.15, -0.1) is 10.2 Å². The summed E-state index contributed by atoms with van der Waals surface area (Å²) in [4.78, 5) is 4.09. The van der Waals surface area contributed by atoms with Gasteiger partial charge in [-0.1, -0.05) is 30.0 Å². The van der Waals surface area contributed by atoms with Gasteiger partial charge in [0.2, 0.25) is 5.16 Å². The SMILES string of the molecule is Cc1cc(C2=Nn3c(nnc3-c3ccncc3)S[C@H]2C)c(C)n1-c1ccccc1. The lowest BCUT2D eigenvalue weighted by atomic mass is 10.1. The number of pyridine rings is 1. The van der Waals surface area contributed by atoms with Crippen molar-refractivity contribution >= 4 is 17.5 Å². The topological polar surface area (TPSA) is 60.9 Å². The summed E-state index contributed by atoms with van der Waals surface area (Å²) in [5, 5.41) is 14.7. The molecule has 4 heterocycles. The molecule has 0 bridgehead atoms. The molecule has 1 atom stereocenters. The van der Waals surface area contributed by atoms with Gasteiger partial charge in [0.1, 0.15) is 0 Å². The summed E-state index contributed by atoms with van der Waals surface area (Å²) in [7, 11) is 0. The molecule has 0 aliphatic carbocycles. The van der Waals surface area contributed by atoms with Crippen molar-refractivity contribution in [2.75, 3.05) is 0 Å². The van der Waals surface area contributed by atoms with E-state index >= 15 is 0 Å². The van der Waals surface area contributed by atoms with Crippen LogP contribution in [0, 0.1) is 13.8 Å². The van der Waals surface area contributed by atoms with Gasteiger partial charge in [0.05, 0.1) is 11.0 Å². The van der Waals surface area contributed by atoms with Gasteiger partial charge < -0.3 is 4.57 Å². The van der Waals surface area contributed by atoms with Crippen molar-refractivity contribution < 1.29 is 0 Å². The van der Waals surface area contributed by atoms with E-state index in [9.17, 15) is 0 Å². The van der Waals surface area contributed by atoms with Crippen LogP contribution in [-0.2, 0) is 0 Å². The second kappa shape index (κ2) is 7.00. The fourth-order valence-electron chi connectivity index (χ4n) is 3.78. The number of hydrogen-bond acceptors (Lipinski definition) is 5. The third-order valence-corrected chi connectivity index (χ3v) is 6.19. The molecular weight excluding hydrogens is 380 g/mol. The first-order valence-corrected chi connectivity index (χ1v) is 10.4. The van der Waals surface area contributed by atoms with E-state index in [1.54, 1.807) is 24.2 Å². The highest BCUT2D eigenvalue weighted by atomic mass is 32.2. The first-order valence-electron chi connectivity index (χ1n) is 9.49. The minimum atomic E-state index is 0.182. The lowest BCUT2D eigenvalue weighted by Crippen LogP contribution is -2.22. The Hall–Kier alpha value is -3.19. The summed E-state index contributed by atoms with van der Waals surface area (Å²) in [6, 6.07) is 16.5. The number of aryl methyl sites for hydroxylation is 1. The molecule has 0 N–H and O–H groups in total. The van der Waals surface area contributed by atoms with Crippen LogP contribution < -0.4 is 0 Å². The molecule has 144 valence electrons. The summed E-state index contributed by atoms with van der Waals surface area (Å²) < 4.78 is 4.13. The van der Waals surface area contributed by atoms with Gasteiger partial charge in [-0.05, 0) is 51.1 Å².